The maximum absolute atomic E-state index is 11.1. The number of ether oxygens (including phenoxy) is 1. The second-order valence-electron chi connectivity index (χ2n) is 3.90. The van der Waals surface area contributed by atoms with Crippen LogP contribution in [0, 0.1) is 0 Å². The molecule has 0 radical (unpaired) electrons. The molecule has 0 amide bonds. The fourth-order valence-corrected chi connectivity index (χ4v) is 1.94. The van der Waals surface area contributed by atoms with Crippen LogP contribution in [0.25, 0.3) is 0 Å². The van der Waals surface area contributed by atoms with E-state index < -0.39 is 9.84 Å². The first-order valence-electron chi connectivity index (χ1n) is 5.47. The van der Waals surface area contributed by atoms with Gasteiger partial charge in [-0.15, -0.1) is 0 Å². The van der Waals surface area contributed by atoms with Crippen LogP contribution in [0.2, 0.25) is 0 Å². The molecule has 1 aromatic heterocycles. The Morgan fingerprint density at radius 1 is 1.44 bits per heavy atom. The van der Waals surface area contributed by atoms with Crippen LogP contribution in [0.5, 0.6) is 5.88 Å². The highest BCUT2D eigenvalue weighted by atomic mass is 32.2. The van der Waals surface area contributed by atoms with Crippen molar-refractivity contribution in [3.63, 3.8) is 0 Å². The zero-order valence-corrected chi connectivity index (χ0v) is 11.6. The van der Waals surface area contributed by atoms with E-state index in [2.05, 4.69) is 9.97 Å². The third-order valence-electron chi connectivity index (χ3n) is 2.27. The van der Waals surface area contributed by atoms with Gasteiger partial charge in [-0.3, -0.25) is 0 Å². The molecule has 0 unspecified atom stereocenters. The Morgan fingerprint density at radius 2 is 2.11 bits per heavy atom. The third kappa shape index (κ3) is 4.02. The molecule has 0 aliphatic heterocycles. The lowest BCUT2D eigenvalue weighted by molar-refractivity contribution is 0.328. The van der Waals surface area contributed by atoms with Crippen LogP contribution in [-0.2, 0) is 9.84 Å². The largest absolute Gasteiger partial charge is 0.476 e. The summed E-state index contributed by atoms with van der Waals surface area (Å²) in [7, 11) is -1.30. The molecular weight excluding hydrogens is 256 g/mol. The molecule has 7 nitrogen and oxygen atoms in total. The van der Waals surface area contributed by atoms with Gasteiger partial charge in [-0.1, -0.05) is 0 Å². The molecule has 0 fully saturated rings. The first kappa shape index (κ1) is 14.5. The highest BCUT2D eigenvalue weighted by Gasteiger charge is 2.14. The molecule has 0 aliphatic rings. The summed E-state index contributed by atoms with van der Waals surface area (Å²) in [6.07, 6.45) is 2.53. The number of nitrogens with two attached hydrogens (primary N) is 1. The van der Waals surface area contributed by atoms with Crippen LogP contribution in [-0.4, -0.2) is 50.6 Å². The van der Waals surface area contributed by atoms with Crippen molar-refractivity contribution in [3.8, 4) is 5.88 Å². The molecule has 1 heterocycles. The SMILES string of the molecule is CCOc1ncnc(N(C)CCS(C)(=O)=O)c1N. The van der Waals surface area contributed by atoms with Crippen LogP contribution >= 0.6 is 0 Å². The van der Waals surface area contributed by atoms with Crippen LogP contribution in [0.3, 0.4) is 0 Å². The van der Waals surface area contributed by atoms with E-state index in [1.807, 2.05) is 6.92 Å². The van der Waals surface area contributed by atoms with E-state index in [4.69, 9.17) is 10.5 Å². The number of nitrogens with zero attached hydrogens (tertiary/aromatic N) is 3. The summed E-state index contributed by atoms with van der Waals surface area (Å²) >= 11 is 0. The molecule has 18 heavy (non-hydrogen) atoms. The van der Waals surface area contributed by atoms with E-state index in [1.165, 1.54) is 12.6 Å². The molecule has 8 heteroatoms. The van der Waals surface area contributed by atoms with E-state index >= 15 is 0 Å². The van der Waals surface area contributed by atoms with E-state index in [0.29, 0.717) is 30.5 Å². The number of hydrogen-bond donors (Lipinski definition) is 1. The average Bonchev–Trinajstić information content (AvgIpc) is 2.28. The summed E-state index contributed by atoms with van der Waals surface area (Å²) < 4.78 is 27.5. The van der Waals surface area contributed by atoms with Gasteiger partial charge in [-0.05, 0) is 6.92 Å². The van der Waals surface area contributed by atoms with Gasteiger partial charge in [0.25, 0.3) is 0 Å². The molecule has 0 aliphatic carbocycles. The van der Waals surface area contributed by atoms with Crippen molar-refractivity contribution in [1.82, 2.24) is 9.97 Å². The van der Waals surface area contributed by atoms with Gasteiger partial charge in [0.15, 0.2) is 5.82 Å². The lowest BCUT2D eigenvalue weighted by Gasteiger charge is -2.19. The summed E-state index contributed by atoms with van der Waals surface area (Å²) in [6, 6.07) is 0. The van der Waals surface area contributed by atoms with Crippen molar-refractivity contribution in [3.05, 3.63) is 6.33 Å². The highest BCUT2D eigenvalue weighted by Crippen LogP contribution is 2.26. The monoisotopic (exact) mass is 274 g/mol. The molecule has 0 bridgehead atoms. The zero-order valence-electron chi connectivity index (χ0n) is 10.8. The number of nitrogen functional groups attached to an aromatic ring is 1. The maximum atomic E-state index is 11.1. The molecule has 0 spiro atoms. The van der Waals surface area contributed by atoms with Gasteiger partial charge >= 0.3 is 0 Å². The molecule has 2 N–H and O–H groups in total. The van der Waals surface area contributed by atoms with Gasteiger partial charge in [0.1, 0.15) is 21.9 Å². The number of anilines is 2. The number of rotatable bonds is 6. The summed E-state index contributed by atoms with van der Waals surface area (Å²) in [4.78, 5) is 9.62. The van der Waals surface area contributed by atoms with Crippen molar-refractivity contribution in [2.75, 3.05) is 42.8 Å². The number of sulfone groups is 1. The van der Waals surface area contributed by atoms with Crippen LogP contribution in [0.1, 0.15) is 6.92 Å². The second kappa shape index (κ2) is 5.85. The first-order chi connectivity index (χ1) is 8.35. The summed E-state index contributed by atoms with van der Waals surface area (Å²) in [5.74, 6) is 0.822. The highest BCUT2D eigenvalue weighted by molar-refractivity contribution is 7.90. The Kier molecular flexibility index (Phi) is 4.71. The van der Waals surface area contributed by atoms with Crippen LogP contribution < -0.4 is 15.4 Å². The van der Waals surface area contributed by atoms with Gasteiger partial charge in [-0.2, -0.15) is 4.98 Å². The van der Waals surface area contributed by atoms with Gasteiger partial charge in [0.2, 0.25) is 5.88 Å². The van der Waals surface area contributed by atoms with E-state index in [0.717, 1.165) is 0 Å². The Hall–Kier alpha value is -1.57. The predicted molar refractivity (Wildman–Crippen MR) is 70.6 cm³/mol. The lowest BCUT2D eigenvalue weighted by Crippen LogP contribution is -2.26. The van der Waals surface area contributed by atoms with Crippen molar-refractivity contribution < 1.29 is 13.2 Å². The molecule has 1 aromatic rings. The van der Waals surface area contributed by atoms with Crippen molar-refractivity contribution in [2.24, 2.45) is 0 Å². The minimum Gasteiger partial charge on any atom is -0.476 e. The minimum absolute atomic E-state index is 0.0386. The van der Waals surface area contributed by atoms with Gasteiger partial charge < -0.3 is 15.4 Å². The zero-order chi connectivity index (χ0) is 13.8. The topological polar surface area (TPSA) is 98.4 Å². The number of hydrogen-bond acceptors (Lipinski definition) is 7. The third-order valence-corrected chi connectivity index (χ3v) is 3.19. The molecule has 1 rings (SSSR count). The predicted octanol–water partition coefficient (Wildman–Crippen LogP) is -0.0617. The summed E-state index contributed by atoms with van der Waals surface area (Å²) in [5.41, 5.74) is 6.18. The maximum Gasteiger partial charge on any atom is 0.242 e. The average molecular weight is 274 g/mol. The Balaban J connectivity index is 2.85. The summed E-state index contributed by atoms with van der Waals surface area (Å²) in [5, 5.41) is 0. The van der Waals surface area contributed by atoms with Gasteiger partial charge in [0, 0.05) is 19.8 Å². The first-order valence-corrected chi connectivity index (χ1v) is 7.53. The van der Waals surface area contributed by atoms with Crippen LogP contribution in [0.15, 0.2) is 6.33 Å². The van der Waals surface area contributed by atoms with E-state index in [1.54, 1.807) is 11.9 Å². The van der Waals surface area contributed by atoms with E-state index in [9.17, 15) is 8.42 Å². The van der Waals surface area contributed by atoms with Crippen molar-refractivity contribution >= 4 is 21.3 Å². The Morgan fingerprint density at radius 3 is 2.67 bits per heavy atom. The van der Waals surface area contributed by atoms with E-state index in [-0.39, 0.29) is 5.75 Å². The Labute approximate surface area is 107 Å². The van der Waals surface area contributed by atoms with Crippen molar-refractivity contribution in [2.45, 2.75) is 6.92 Å². The molecule has 0 aromatic carbocycles. The quantitative estimate of drug-likeness (QED) is 0.775. The van der Waals surface area contributed by atoms with Gasteiger partial charge in [0.05, 0.1) is 12.4 Å². The second-order valence-corrected chi connectivity index (χ2v) is 6.16. The molecular formula is C10H18N4O3S. The fourth-order valence-electron chi connectivity index (χ4n) is 1.34. The molecule has 0 saturated heterocycles. The minimum atomic E-state index is -3.02. The van der Waals surface area contributed by atoms with Crippen LogP contribution in [0.4, 0.5) is 11.5 Å². The van der Waals surface area contributed by atoms with Crippen molar-refractivity contribution in [1.29, 1.82) is 0 Å². The number of aromatic nitrogens is 2. The Bertz CT molecular complexity index is 504. The molecule has 102 valence electrons. The lowest BCUT2D eigenvalue weighted by atomic mass is 10.4. The molecule has 0 saturated carbocycles. The standard InChI is InChI=1S/C10H18N4O3S/c1-4-17-10-8(11)9(12-7-13-10)14(2)5-6-18(3,15)16/h7H,4-6,11H2,1-3H3. The summed E-state index contributed by atoms with van der Waals surface area (Å²) in [6.45, 7) is 2.59. The molecule has 0 atom stereocenters. The normalized spacial score (nSPS) is 11.3. The van der Waals surface area contributed by atoms with Gasteiger partial charge in [-0.25, -0.2) is 13.4 Å². The smallest absolute Gasteiger partial charge is 0.242 e. The fraction of sp³-hybridized carbons (Fsp3) is 0.600.